The third-order valence-electron chi connectivity index (χ3n) is 2.80. The summed E-state index contributed by atoms with van der Waals surface area (Å²) in [7, 11) is 1.52. The average molecular weight is 306 g/mol. The SMILES string of the molecule is COc1cccc(C(=O)N=c2scc(C)n2CC(=O)O)c1. The second-order valence-electron chi connectivity index (χ2n) is 4.29. The zero-order chi connectivity index (χ0) is 15.4. The van der Waals surface area contributed by atoms with Gasteiger partial charge in [-0.15, -0.1) is 11.3 Å². The Labute approximate surface area is 125 Å². The van der Waals surface area contributed by atoms with Crippen molar-refractivity contribution >= 4 is 23.2 Å². The molecule has 0 bridgehead atoms. The van der Waals surface area contributed by atoms with Gasteiger partial charge in [0.25, 0.3) is 5.91 Å². The van der Waals surface area contributed by atoms with Crippen LogP contribution in [-0.2, 0) is 11.3 Å². The minimum Gasteiger partial charge on any atom is -0.497 e. The molecule has 1 heterocycles. The zero-order valence-electron chi connectivity index (χ0n) is 11.6. The number of aliphatic carboxylic acids is 1. The molecule has 2 rings (SSSR count). The highest BCUT2D eigenvalue weighted by atomic mass is 32.1. The molecular formula is C14H14N2O4S. The molecule has 1 aromatic heterocycles. The molecule has 0 aliphatic heterocycles. The van der Waals surface area contributed by atoms with Crippen molar-refractivity contribution in [2.75, 3.05) is 7.11 Å². The third kappa shape index (κ3) is 3.57. The fourth-order valence-electron chi connectivity index (χ4n) is 1.74. The first-order chi connectivity index (χ1) is 10.0. The molecule has 1 N–H and O–H groups in total. The van der Waals surface area contributed by atoms with Gasteiger partial charge in [0, 0.05) is 16.6 Å². The number of carbonyl (C=O) groups is 2. The number of nitrogens with zero attached hydrogens (tertiary/aromatic N) is 2. The normalized spacial score (nSPS) is 11.4. The topological polar surface area (TPSA) is 80.9 Å². The third-order valence-corrected chi connectivity index (χ3v) is 3.78. The summed E-state index contributed by atoms with van der Waals surface area (Å²) in [5.74, 6) is -0.849. The maximum absolute atomic E-state index is 12.2. The van der Waals surface area contributed by atoms with Crippen molar-refractivity contribution in [3.63, 3.8) is 0 Å². The first-order valence-electron chi connectivity index (χ1n) is 6.11. The number of hydrogen-bond acceptors (Lipinski definition) is 4. The molecule has 0 atom stereocenters. The van der Waals surface area contributed by atoms with E-state index in [-0.39, 0.29) is 6.54 Å². The number of aryl methyl sites for hydroxylation is 1. The largest absolute Gasteiger partial charge is 0.497 e. The van der Waals surface area contributed by atoms with E-state index in [2.05, 4.69) is 4.99 Å². The van der Waals surface area contributed by atoms with E-state index in [4.69, 9.17) is 9.84 Å². The fraction of sp³-hybridized carbons (Fsp3) is 0.214. The number of ether oxygens (including phenoxy) is 1. The summed E-state index contributed by atoms with van der Waals surface area (Å²) < 4.78 is 6.55. The molecule has 2 aromatic rings. The van der Waals surface area contributed by atoms with Gasteiger partial charge in [0.1, 0.15) is 12.3 Å². The maximum Gasteiger partial charge on any atom is 0.323 e. The highest BCUT2D eigenvalue weighted by molar-refractivity contribution is 7.07. The van der Waals surface area contributed by atoms with Gasteiger partial charge in [-0.2, -0.15) is 4.99 Å². The van der Waals surface area contributed by atoms with Crippen LogP contribution in [0.1, 0.15) is 16.1 Å². The lowest BCUT2D eigenvalue weighted by Crippen LogP contribution is -2.22. The summed E-state index contributed by atoms with van der Waals surface area (Å²) in [5, 5.41) is 10.7. The van der Waals surface area contributed by atoms with Crippen LogP contribution in [0.2, 0.25) is 0 Å². The minimum absolute atomic E-state index is 0.223. The number of carboxylic acid groups (broad SMARTS) is 1. The molecule has 0 fully saturated rings. The Balaban J connectivity index is 2.39. The molecule has 0 aliphatic carbocycles. The van der Waals surface area contributed by atoms with Crippen LogP contribution in [0.25, 0.3) is 0 Å². The lowest BCUT2D eigenvalue weighted by molar-refractivity contribution is -0.137. The van der Waals surface area contributed by atoms with Crippen molar-refractivity contribution in [2.45, 2.75) is 13.5 Å². The lowest BCUT2D eigenvalue weighted by Gasteiger charge is -2.02. The number of aromatic nitrogens is 1. The minimum atomic E-state index is -0.980. The van der Waals surface area contributed by atoms with Crippen molar-refractivity contribution in [1.29, 1.82) is 0 Å². The van der Waals surface area contributed by atoms with Crippen molar-refractivity contribution in [2.24, 2.45) is 4.99 Å². The summed E-state index contributed by atoms with van der Waals surface area (Å²) in [5.41, 5.74) is 1.14. The summed E-state index contributed by atoms with van der Waals surface area (Å²) in [6.45, 7) is 1.55. The molecular weight excluding hydrogens is 292 g/mol. The molecule has 1 aromatic carbocycles. The first-order valence-corrected chi connectivity index (χ1v) is 6.99. The summed E-state index contributed by atoms with van der Waals surface area (Å²) in [6.07, 6.45) is 0. The van der Waals surface area contributed by atoms with Crippen LogP contribution >= 0.6 is 11.3 Å². The van der Waals surface area contributed by atoms with Crippen LogP contribution in [-0.4, -0.2) is 28.7 Å². The lowest BCUT2D eigenvalue weighted by atomic mass is 10.2. The molecule has 0 aliphatic rings. The predicted molar refractivity (Wildman–Crippen MR) is 77.6 cm³/mol. The van der Waals surface area contributed by atoms with Gasteiger partial charge in [0.2, 0.25) is 0 Å². The molecule has 0 saturated heterocycles. The van der Waals surface area contributed by atoms with E-state index < -0.39 is 11.9 Å². The van der Waals surface area contributed by atoms with Crippen LogP contribution in [0.5, 0.6) is 5.75 Å². The molecule has 0 unspecified atom stereocenters. The molecule has 0 spiro atoms. The van der Waals surface area contributed by atoms with Crippen molar-refractivity contribution < 1.29 is 19.4 Å². The Hall–Kier alpha value is -2.41. The van der Waals surface area contributed by atoms with E-state index in [1.165, 1.54) is 23.0 Å². The van der Waals surface area contributed by atoms with E-state index in [1.807, 2.05) is 0 Å². The Bertz CT molecular complexity index is 745. The second-order valence-corrected chi connectivity index (χ2v) is 5.13. The van der Waals surface area contributed by atoms with Gasteiger partial charge in [-0.25, -0.2) is 0 Å². The van der Waals surface area contributed by atoms with Crippen LogP contribution in [0.15, 0.2) is 34.6 Å². The molecule has 0 saturated carbocycles. The van der Waals surface area contributed by atoms with Gasteiger partial charge in [0.05, 0.1) is 7.11 Å². The Morgan fingerprint density at radius 2 is 2.19 bits per heavy atom. The van der Waals surface area contributed by atoms with Gasteiger partial charge in [-0.05, 0) is 25.1 Å². The highest BCUT2D eigenvalue weighted by Gasteiger charge is 2.09. The average Bonchev–Trinajstić information content (AvgIpc) is 2.79. The van der Waals surface area contributed by atoms with Crippen LogP contribution in [0, 0.1) is 6.92 Å². The molecule has 0 radical (unpaired) electrons. The molecule has 110 valence electrons. The number of carbonyl (C=O) groups excluding carboxylic acids is 1. The number of thiazole rings is 1. The first kappa shape index (κ1) is 15.0. The Kier molecular flexibility index (Phi) is 4.54. The number of rotatable bonds is 4. The van der Waals surface area contributed by atoms with Gasteiger partial charge >= 0.3 is 5.97 Å². The van der Waals surface area contributed by atoms with Crippen molar-refractivity contribution in [1.82, 2.24) is 4.57 Å². The smallest absolute Gasteiger partial charge is 0.323 e. The number of benzene rings is 1. The predicted octanol–water partition coefficient (Wildman–Crippen LogP) is 1.69. The maximum atomic E-state index is 12.2. The molecule has 21 heavy (non-hydrogen) atoms. The molecule has 7 heteroatoms. The van der Waals surface area contributed by atoms with E-state index >= 15 is 0 Å². The Morgan fingerprint density at radius 3 is 2.86 bits per heavy atom. The van der Waals surface area contributed by atoms with Crippen LogP contribution < -0.4 is 9.54 Å². The zero-order valence-corrected chi connectivity index (χ0v) is 12.4. The second kappa shape index (κ2) is 6.36. The van der Waals surface area contributed by atoms with E-state index in [0.717, 1.165) is 5.69 Å². The van der Waals surface area contributed by atoms with Crippen molar-refractivity contribution in [3.05, 3.63) is 45.7 Å². The van der Waals surface area contributed by atoms with Gasteiger partial charge in [0.15, 0.2) is 4.80 Å². The number of amides is 1. The molecule has 6 nitrogen and oxygen atoms in total. The van der Waals surface area contributed by atoms with E-state index in [1.54, 1.807) is 36.6 Å². The van der Waals surface area contributed by atoms with Crippen LogP contribution in [0.4, 0.5) is 0 Å². The summed E-state index contributed by atoms with van der Waals surface area (Å²) in [6, 6.07) is 6.66. The number of methoxy groups -OCH3 is 1. The van der Waals surface area contributed by atoms with Crippen LogP contribution in [0.3, 0.4) is 0 Å². The van der Waals surface area contributed by atoms with Gasteiger partial charge < -0.3 is 14.4 Å². The van der Waals surface area contributed by atoms with Crippen molar-refractivity contribution in [3.8, 4) is 5.75 Å². The van der Waals surface area contributed by atoms with E-state index in [0.29, 0.717) is 16.1 Å². The number of carboxylic acids is 1. The number of hydrogen-bond donors (Lipinski definition) is 1. The Morgan fingerprint density at radius 1 is 1.43 bits per heavy atom. The van der Waals surface area contributed by atoms with Gasteiger partial charge in [-0.3, -0.25) is 9.59 Å². The molecule has 1 amide bonds. The summed E-state index contributed by atoms with van der Waals surface area (Å²) in [4.78, 5) is 27.4. The highest BCUT2D eigenvalue weighted by Crippen LogP contribution is 2.13. The van der Waals surface area contributed by atoms with Gasteiger partial charge in [-0.1, -0.05) is 6.07 Å². The standard InChI is InChI=1S/C14H14N2O4S/c1-9-8-21-14(16(9)7-12(17)18)15-13(19)10-4-3-5-11(6-10)20-2/h3-6,8H,7H2,1-2H3,(H,17,18). The fourth-order valence-corrected chi connectivity index (χ4v) is 2.61. The monoisotopic (exact) mass is 306 g/mol. The van der Waals surface area contributed by atoms with E-state index in [9.17, 15) is 9.59 Å². The quantitative estimate of drug-likeness (QED) is 0.932. The summed E-state index contributed by atoms with van der Waals surface area (Å²) >= 11 is 1.23.